The van der Waals surface area contributed by atoms with Gasteiger partial charge >= 0.3 is 0 Å². The van der Waals surface area contributed by atoms with Gasteiger partial charge in [0.25, 0.3) is 0 Å². The fourth-order valence-electron chi connectivity index (χ4n) is 2.47. The highest BCUT2D eigenvalue weighted by molar-refractivity contribution is 5.28. The van der Waals surface area contributed by atoms with Crippen molar-refractivity contribution in [2.24, 2.45) is 5.92 Å². The highest BCUT2D eigenvalue weighted by Crippen LogP contribution is 2.14. The molecular formula is C16H26N2O. The Morgan fingerprint density at radius 3 is 2.95 bits per heavy atom. The minimum absolute atomic E-state index is 0.798. The van der Waals surface area contributed by atoms with Crippen LogP contribution < -0.4 is 15.4 Å². The summed E-state index contributed by atoms with van der Waals surface area (Å²) in [7, 11) is 0. The molecule has 0 aliphatic carbocycles. The zero-order valence-corrected chi connectivity index (χ0v) is 12.0. The zero-order valence-electron chi connectivity index (χ0n) is 12.0. The van der Waals surface area contributed by atoms with Crippen molar-refractivity contribution in [3.63, 3.8) is 0 Å². The summed E-state index contributed by atoms with van der Waals surface area (Å²) in [5, 5.41) is 6.98. The Morgan fingerprint density at radius 2 is 2.16 bits per heavy atom. The molecule has 0 amide bonds. The van der Waals surface area contributed by atoms with Gasteiger partial charge in [0.1, 0.15) is 5.75 Å². The van der Waals surface area contributed by atoms with Crippen LogP contribution in [0.2, 0.25) is 0 Å². The lowest BCUT2D eigenvalue weighted by molar-refractivity contribution is 0.317. The average molecular weight is 262 g/mol. The van der Waals surface area contributed by atoms with Gasteiger partial charge in [0.2, 0.25) is 0 Å². The molecule has 2 N–H and O–H groups in total. The molecule has 3 heteroatoms. The van der Waals surface area contributed by atoms with Crippen molar-refractivity contribution in [2.45, 2.75) is 32.7 Å². The maximum atomic E-state index is 5.66. The van der Waals surface area contributed by atoms with E-state index in [2.05, 4.69) is 35.8 Å². The van der Waals surface area contributed by atoms with Gasteiger partial charge in [-0.05, 0) is 62.5 Å². The number of nitrogens with one attached hydrogen (secondary N) is 2. The van der Waals surface area contributed by atoms with E-state index in [1.165, 1.54) is 31.5 Å². The molecule has 1 heterocycles. The second-order valence-corrected chi connectivity index (χ2v) is 5.32. The first-order valence-corrected chi connectivity index (χ1v) is 7.51. The molecule has 2 rings (SSSR count). The summed E-state index contributed by atoms with van der Waals surface area (Å²) in [4.78, 5) is 0. The van der Waals surface area contributed by atoms with Crippen LogP contribution in [-0.4, -0.2) is 26.2 Å². The molecule has 0 unspecified atom stereocenters. The summed E-state index contributed by atoms with van der Waals surface area (Å²) in [5.41, 5.74) is 1.31. The number of benzene rings is 1. The van der Waals surface area contributed by atoms with E-state index in [1.54, 1.807) is 0 Å². The first-order valence-electron chi connectivity index (χ1n) is 7.51. The summed E-state index contributed by atoms with van der Waals surface area (Å²) in [6.45, 7) is 7.34. The van der Waals surface area contributed by atoms with E-state index in [0.717, 1.165) is 37.8 Å². The smallest absolute Gasteiger partial charge is 0.119 e. The lowest BCUT2D eigenvalue weighted by Gasteiger charge is -2.22. The normalized spacial score (nSPS) is 16.5. The zero-order chi connectivity index (χ0) is 13.3. The van der Waals surface area contributed by atoms with Gasteiger partial charge in [0, 0.05) is 6.54 Å². The van der Waals surface area contributed by atoms with Gasteiger partial charge in [-0.3, -0.25) is 0 Å². The quantitative estimate of drug-likeness (QED) is 0.792. The lowest BCUT2D eigenvalue weighted by atomic mass is 9.98. The molecule has 0 atom stereocenters. The standard InChI is InChI=1S/C16H26N2O/c1-2-10-19-16-5-3-4-15(11-16)13-18-12-14-6-8-17-9-7-14/h3-5,11,14,17-18H,2,6-10,12-13H2,1H3. The number of hydrogen-bond acceptors (Lipinski definition) is 3. The van der Waals surface area contributed by atoms with Crippen LogP contribution in [-0.2, 0) is 6.54 Å². The number of piperidine rings is 1. The third kappa shape index (κ3) is 5.21. The van der Waals surface area contributed by atoms with Crippen LogP contribution in [0.1, 0.15) is 31.7 Å². The molecule has 1 fully saturated rings. The monoisotopic (exact) mass is 262 g/mol. The summed E-state index contributed by atoms with van der Waals surface area (Å²) >= 11 is 0. The first kappa shape index (κ1) is 14.4. The molecule has 1 aliphatic rings. The van der Waals surface area contributed by atoms with Crippen LogP contribution in [0.3, 0.4) is 0 Å². The van der Waals surface area contributed by atoms with E-state index < -0.39 is 0 Å². The lowest BCUT2D eigenvalue weighted by Crippen LogP contribution is -2.33. The number of rotatable bonds is 7. The highest BCUT2D eigenvalue weighted by atomic mass is 16.5. The first-order chi connectivity index (χ1) is 9.38. The molecular weight excluding hydrogens is 236 g/mol. The third-order valence-electron chi connectivity index (χ3n) is 3.59. The number of hydrogen-bond donors (Lipinski definition) is 2. The third-order valence-corrected chi connectivity index (χ3v) is 3.59. The fraction of sp³-hybridized carbons (Fsp3) is 0.625. The van der Waals surface area contributed by atoms with Crippen LogP contribution in [0.15, 0.2) is 24.3 Å². The van der Waals surface area contributed by atoms with Crippen LogP contribution in [0, 0.1) is 5.92 Å². The molecule has 0 saturated carbocycles. The van der Waals surface area contributed by atoms with Crippen molar-refractivity contribution in [1.82, 2.24) is 10.6 Å². The predicted octanol–water partition coefficient (Wildman–Crippen LogP) is 2.56. The molecule has 19 heavy (non-hydrogen) atoms. The minimum Gasteiger partial charge on any atom is -0.494 e. The maximum absolute atomic E-state index is 5.66. The highest BCUT2D eigenvalue weighted by Gasteiger charge is 2.11. The Hall–Kier alpha value is -1.06. The minimum atomic E-state index is 0.798. The molecule has 0 bridgehead atoms. The van der Waals surface area contributed by atoms with Crippen molar-refractivity contribution < 1.29 is 4.74 Å². The summed E-state index contributed by atoms with van der Waals surface area (Å²) in [6, 6.07) is 8.41. The molecule has 106 valence electrons. The van der Waals surface area contributed by atoms with Crippen LogP contribution >= 0.6 is 0 Å². The molecule has 1 aromatic rings. The molecule has 0 spiro atoms. The summed E-state index contributed by atoms with van der Waals surface area (Å²) in [5.74, 6) is 1.82. The molecule has 3 nitrogen and oxygen atoms in total. The van der Waals surface area contributed by atoms with E-state index in [1.807, 2.05) is 6.07 Å². The van der Waals surface area contributed by atoms with E-state index in [0.29, 0.717) is 0 Å². The molecule has 1 saturated heterocycles. The Kier molecular flexibility index (Phi) is 6.18. The molecule has 0 radical (unpaired) electrons. The van der Waals surface area contributed by atoms with Gasteiger partial charge in [-0.15, -0.1) is 0 Å². The topological polar surface area (TPSA) is 33.3 Å². The maximum Gasteiger partial charge on any atom is 0.119 e. The number of ether oxygens (including phenoxy) is 1. The molecule has 1 aliphatic heterocycles. The second kappa shape index (κ2) is 8.18. The largest absolute Gasteiger partial charge is 0.494 e. The van der Waals surface area contributed by atoms with Gasteiger partial charge in [-0.1, -0.05) is 19.1 Å². The van der Waals surface area contributed by atoms with E-state index in [4.69, 9.17) is 4.74 Å². The van der Waals surface area contributed by atoms with Crippen molar-refractivity contribution in [2.75, 3.05) is 26.2 Å². The van der Waals surface area contributed by atoms with Crippen LogP contribution in [0.4, 0.5) is 0 Å². The van der Waals surface area contributed by atoms with Crippen molar-refractivity contribution in [3.8, 4) is 5.75 Å². The Morgan fingerprint density at radius 1 is 1.32 bits per heavy atom. The Bertz CT molecular complexity index is 362. The van der Waals surface area contributed by atoms with E-state index >= 15 is 0 Å². The second-order valence-electron chi connectivity index (χ2n) is 5.32. The van der Waals surface area contributed by atoms with Crippen LogP contribution in [0.25, 0.3) is 0 Å². The summed E-state index contributed by atoms with van der Waals surface area (Å²) < 4.78 is 5.66. The fourth-order valence-corrected chi connectivity index (χ4v) is 2.47. The van der Waals surface area contributed by atoms with Gasteiger partial charge < -0.3 is 15.4 Å². The Balaban J connectivity index is 1.72. The van der Waals surface area contributed by atoms with E-state index in [9.17, 15) is 0 Å². The predicted molar refractivity (Wildman–Crippen MR) is 79.5 cm³/mol. The van der Waals surface area contributed by atoms with Gasteiger partial charge in [-0.25, -0.2) is 0 Å². The van der Waals surface area contributed by atoms with Gasteiger partial charge in [0.05, 0.1) is 6.61 Å². The van der Waals surface area contributed by atoms with Crippen molar-refractivity contribution in [3.05, 3.63) is 29.8 Å². The van der Waals surface area contributed by atoms with Crippen LogP contribution in [0.5, 0.6) is 5.75 Å². The average Bonchev–Trinajstić information content (AvgIpc) is 2.47. The molecule has 1 aromatic carbocycles. The van der Waals surface area contributed by atoms with E-state index in [-0.39, 0.29) is 0 Å². The Labute approximate surface area is 116 Å². The van der Waals surface area contributed by atoms with Crippen molar-refractivity contribution >= 4 is 0 Å². The summed E-state index contributed by atoms with van der Waals surface area (Å²) in [6.07, 6.45) is 3.65. The SMILES string of the molecule is CCCOc1cccc(CNCC2CCNCC2)c1. The van der Waals surface area contributed by atoms with Gasteiger partial charge in [0.15, 0.2) is 0 Å². The molecule has 0 aromatic heterocycles. The van der Waals surface area contributed by atoms with Gasteiger partial charge in [-0.2, -0.15) is 0 Å². The van der Waals surface area contributed by atoms with Crippen molar-refractivity contribution in [1.29, 1.82) is 0 Å².